The molecule has 1 saturated heterocycles. The first kappa shape index (κ1) is 18.7. The van der Waals surface area contributed by atoms with Crippen molar-refractivity contribution >= 4 is 17.7 Å². The third-order valence-electron chi connectivity index (χ3n) is 4.40. The van der Waals surface area contributed by atoms with Gasteiger partial charge in [0.15, 0.2) is 5.82 Å². The van der Waals surface area contributed by atoms with Crippen LogP contribution in [0.3, 0.4) is 0 Å². The number of rotatable bonds is 3. The van der Waals surface area contributed by atoms with Crippen molar-refractivity contribution in [3.05, 3.63) is 46.5 Å². The molecule has 1 aliphatic heterocycles. The summed E-state index contributed by atoms with van der Waals surface area (Å²) in [6, 6.07) is 7.62. The van der Waals surface area contributed by atoms with Crippen molar-refractivity contribution in [1.82, 2.24) is 19.7 Å². The third kappa shape index (κ3) is 4.18. The highest BCUT2D eigenvalue weighted by Gasteiger charge is 2.36. The average molecular weight is 377 g/mol. The van der Waals surface area contributed by atoms with Gasteiger partial charge in [0.1, 0.15) is 11.4 Å². The molecule has 1 aromatic heterocycles. The van der Waals surface area contributed by atoms with Crippen molar-refractivity contribution in [2.75, 3.05) is 6.54 Å². The van der Waals surface area contributed by atoms with E-state index in [0.717, 1.165) is 30.1 Å². The van der Waals surface area contributed by atoms with Gasteiger partial charge in [-0.2, -0.15) is 0 Å². The molecule has 0 spiro atoms. The number of ether oxygens (including phenoxy) is 1. The average Bonchev–Trinajstić information content (AvgIpc) is 3.15. The Hall–Kier alpha value is -2.08. The zero-order chi connectivity index (χ0) is 18.9. The van der Waals surface area contributed by atoms with Crippen LogP contribution in [0.4, 0.5) is 4.79 Å². The van der Waals surface area contributed by atoms with E-state index in [1.54, 1.807) is 4.90 Å². The van der Waals surface area contributed by atoms with Crippen molar-refractivity contribution in [2.24, 2.45) is 0 Å². The van der Waals surface area contributed by atoms with E-state index in [4.69, 9.17) is 16.3 Å². The van der Waals surface area contributed by atoms with Gasteiger partial charge >= 0.3 is 6.09 Å². The maximum Gasteiger partial charge on any atom is 0.410 e. The second-order valence-electron chi connectivity index (χ2n) is 7.65. The quantitative estimate of drug-likeness (QED) is 0.798. The fraction of sp³-hybridized carbons (Fsp3) is 0.526. The highest BCUT2D eigenvalue weighted by Crippen LogP contribution is 2.33. The van der Waals surface area contributed by atoms with Crippen LogP contribution >= 0.6 is 11.6 Å². The molecule has 26 heavy (non-hydrogen) atoms. The summed E-state index contributed by atoms with van der Waals surface area (Å²) in [7, 11) is 0. The molecule has 0 N–H and O–H groups in total. The fourth-order valence-corrected chi connectivity index (χ4v) is 3.31. The van der Waals surface area contributed by atoms with Crippen LogP contribution in [0.5, 0.6) is 0 Å². The van der Waals surface area contributed by atoms with Crippen LogP contribution in [-0.4, -0.2) is 37.9 Å². The van der Waals surface area contributed by atoms with Crippen molar-refractivity contribution < 1.29 is 9.53 Å². The van der Waals surface area contributed by atoms with Crippen LogP contribution in [0, 0.1) is 6.92 Å². The minimum Gasteiger partial charge on any atom is -0.444 e. The molecule has 140 valence electrons. The van der Waals surface area contributed by atoms with E-state index >= 15 is 0 Å². The summed E-state index contributed by atoms with van der Waals surface area (Å²) in [5, 5.41) is 9.34. The lowest BCUT2D eigenvalue weighted by Gasteiger charge is -2.28. The number of likely N-dealkylation sites (tertiary alicyclic amines) is 1. The van der Waals surface area contributed by atoms with Gasteiger partial charge in [0.25, 0.3) is 0 Å². The molecular weight excluding hydrogens is 352 g/mol. The van der Waals surface area contributed by atoms with Gasteiger partial charge in [-0.25, -0.2) is 4.79 Å². The Bertz CT molecular complexity index is 780. The van der Waals surface area contributed by atoms with Crippen LogP contribution in [0.25, 0.3) is 0 Å². The monoisotopic (exact) mass is 376 g/mol. The predicted octanol–water partition coefficient (Wildman–Crippen LogP) is 4.36. The zero-order valence-corrected chi connectivity index (χ0v) is 16.5. The lowest BCUT2D eigenvalue weighted by Crippen LogP contribution is -2.37. The molecule has 2 heterocycles. The molecule has 7 heteroatoms. The molecule has 1 aliphatic rings. The molecule has 6 nitrogen and oxygen atoms in total. The van der Waals surface area contributed by atoms with Crippen molar-refractivity contribution in [3.8, 4) is 0 Å². The predicted molar refractivity (Wildman–Crippen MR) is 100 cm³/mol. The van der Waals surface area contributed by atoms with Crippen LogP contribution in [0.2, 0.25) is 5.02 Å². The van der Waals surface area contributed by atoms with Crippen LogP contribution < -0.4 is 0 Å². The van der Waals surface area contributed by atoms with E-state index in [-0.39, 0.29) is 12.1 Å². The number of aromatic nitrogens is 3. The number of benzene rings is 1. The molecule has 1 atom stereocenters. The number of hydrogen-bond acceptors (Lipinski definition) is 4. The number of carbonyl (C=O) groups excluding carboxylic acids is 1. The normalized spacial score (nSPS) is 17.6. The zero-order valence-electron chi connectivity index (χ0n) is 15.7. The second-order valence-corrected chi connectivity index (χ2v) is 8.09. The van der Waals surface area contributed by atoms with Gasteiger partial charge in [-0.3, -0.25) is 4.90 Å². The van der Waals surface area contributed by atoms with Gasteiger partial charge in [-0.15, -0.1) is 10.2 Å². The van der Waals surface area contributed by atoms with Crippen LogP contribution in [-0.2, 0) is 11.3 Å². The van der Waals surface area contributed by atoms with Crippen LogP contribution in [0.15, 0.2) is 24.3 Å². The topological polar surface area (TPSA) is 60.3 Å². The van der Waals surface area contributed by atoms with E-state index < -0.39 is 5.60 Å². The van der Waals surface area contributed by atoms with Gasteiger partial charge in [0.2, 0.25) is 0 Å². The van der Waals surface area contributed by atoms with E-state index in [0.29, 0.717) is 18.1 Å². The number of nitrogens with zero attached hydrogens (tertiary/aromatic N) is 4. The second kappa shape index (κ2) is 7.27. The van der Waals surface area contributed by atoms with E-state index in [1.165, 1.54) is 0 Å². The fourth-order valence-electron chi connectivity index (χ4n) is 3.19. The van der Waals surface area contributed by atoms with Crippen molar-refractivity contribution in [3.63, 3.8) is 0 Å². The number of carbonyl (C=O) groups is 1. The lowest BCUT2D eigenvalue weighted by atomic mass is 10.2. The highest BCUT2D eigenvalue weighted by atomic mass is 35.5. The van der Waals surface area contributed by atoms with Crippen LogP contribution in [0.1, 0.15) is 56.9 Å². The van der Waals surface area contributed by atoms with Crippen molar-refractivity contribution in [1.29, 1.82) is 0 Å². The molecule has 0 saturated carbocycles. The molecular formula is C19H25ClN4O2. The number of aryl methyl sites for hydroxylation is 1. The van der Waals surface area contributed by atoms with E-state index in [2.05, 4.69) is 14.8 Å². The number of halogens is 1. The molecule has 3 rings (SSSR count). The van der Waals surface area contributed by atoms with E-state index in [1.807, 2.05) is 52.0 Å². The van der Waals surface area contributed by atoms with Crippen molar-refractivity contribution in [2.45, 2.75) is 58.7 Å². The molecule has 0 unspecified atom stereocenters. The Balaban J connectivity index is 1.84. The molecule has 0 aliphatic carbocycles. The molecule has 0 bridgehead atoms. The molecule has 1 amide bonds. The smallest absolute Gasteiger partial charge is 0.410 e. The molecule has 0 radical (unpaired) electrons. The van der Waals surface area contributed by atoms with Gasteiger partial charge in [-0.1, -0.05) is 23.7 Å². The first-order chi connectivity index (χ1) is 12.2. The Morgan fingerprint density at radius 2 is 1.96 bits per heavy atom. The standard InChI is InChI=1S/C19H25ClN4O2/c1-13-21-22-17(24(13)12-14-7-9-15(20)10-8-14)16-6-5-11-23(16)18(25)26-19(2,3)4/h7-10,16H,5-6,11-12H2,1-4H3/t16-/m1/s1. The minimum absolute atomic E-state index is 0.113. The van der Waals surface area contributed by atoms with Gasteiger partial charge in [-0.05, 0) is 58.2 Å². The first-order valence-corrected chi connectivity index (χ1v) is 9.26. The third-order valence-corrected chi connectivity index (χ3v) is 4.65. The number of hydrogen-bond donors (Lipinski definition) is 0. The Morgan fingerprint density at radius 3 is 2.62 bits per heavy atom. The Morgan fingerprint density at radius 1 is 1.27 bits per heavy atom. The lowest BCUT2D eigenvalue weighted by molar-refractivity contribution is 0.0215. The SMILES string of the molecule is Cc1nnc([C@H]2CCCN2C(=O)OC(C)(C)C)n1Cc1ccc(Cl)cc1. The summed E-state index contributed by atoms with van der Waals surface area (Å²) >= 11 is 5.98. The summed E-state index contributed by atoms with van der Waals surface area (Å²) in [5.74, 6) is 1.63. The summed E-state index contributed by atoms with van der Waals surface area (Å²) in [6.07, 6.45) is 1.49. The first-order valence-electron chi connectivity index (χ1n) is 8.88. The highest BCUT2D eigenvalue weighted by molar-refractivity contribution is 6.30. The van der Waals surface area contributed by atoms with Gasteiger partial charge in [0, 0.05) is 11.6 Å². The summed E-state index contributed by atoms with van der Waals surface area (Å²) in [6.45, 7) is 8.88. The van der Waals surface area contributed by atoms with Gasteiger partial charge < -0.3 is 9.30 Å². The molecule has 1 aromatic carbocycles. The maximum absolute atomic E-state index is 12.6. The maximum atomic E-state index is 12.6. The summed E-state index contributed by atoms with van der Waals surface area (Å²) in [4.78, 5) is 14.4. The van der Waals surface area contributed by atoms with E-state index in [9.17, 15) is 4.79 Å². The summed E-state index contributed by atoms with van der Waals surface area (Å²) in [5.41, 5.74) is 0.595. The minimum atomic E-state index is -0.517. The summed E-state index contributed by atoms with van der Waals surface area (Å²) < 4.78 is 7.63. The molecule has 1 fully saturated rings. The molecule has 2 aromatic rings. The largest absolute Gasteiger partial charge is 0.444 e. The Kier molecular flexibility index (Phi) is 5.23. The van der Waals surface area contributed by atoms with Gasteiger partial charge in [0.05, 0.1) is 12.6 Å². The number of amides is 1. The Labute approximate surface area is 159 Å².